The molecule has 0 saturated heterocycles. The van der Waals surface area contributed by atoms with E-state index in [0.717, 1.165) is 18.7 Å². The Labute approximate surface area is 132 Å². The molecule has 0 aliphatic rings. The quantitative estimate of drug-likeness (QED) is 0.530. The Morgan fingerprint density at radius 2 is 1.43 bits per heavy atom. The summed E-state index contributed by atoms with van der Waals surface area (Å²) in [5.74, 6) is 0. The molecule has 0 aromatic heterocycles. The maximum Gasteiger partial charge on any atom is 0.346 e. The van der Waals surface area contributed by atoms with Crippen LogP contribution in [-0.2, 0) is 5.72 Å². The van der Waals surface area contributed by atoms with Crippen LogP contribution in [0.25, 0.3) is 6.08 Å². The highest BCUT2D eigenvalue weighted by Gasteiger charge is 2.35. The molecule has 0 bridgehead atoms. The average molecular weight is 316 g/mol. The third kappa shape index (κ3) is 6.06. The molecule has 2 rings (SSSR count). The summed E-state index contributed by atoms with van der Waals surface area (Å²) in [5, 5.41) is 29.6. The van der Waals surface area contributed by atoms with Crippen molar-refractivity contribution in [2.24, 2.45) is 0 Å². The Bertz CT molecular complexity index is 669. The second-order valence-corrected chi connectivity index (χ2v) is 4.66. The lowest BCUT2D eigenvalue weighted by Gasteiger charge is -2.13. The fourth-order valence-electron chi connectivity index (χ4n) is 1.57. The first-order valence-electron chi connectivity index (χ1n) is 6.63. The van der Waals surface area contributed by atoms with Gasteiger partial charge in [-0.05, 0) is 17.7 Å². The molecular formula is C16H16N2O5. The Morgan fingerprint density at radius 1 is 0.957 bits per heavy atom. The molecule has 2 aromatic carbocycles. The Kier molecular flexibility index (Phi) is 6.57. The fourth-order valence-corrected chi connectivity index (χ4v) is 1.57. The van der Waals surface area contributed by atoms with Crippen LogP contribution >= 0.6 is 0 Å². The van der Waals surface area contributed by atoms with E-state index in [-0.39, 0.29) is 5.56 Å². The van der Waals surface area contributed by atoms with E-state index in [2.05, 4.69) is 0 Å². The number of nitro groups is 2. The van der Waals surface area contributed by atoms with Gasteiger partial charge < -0.3 is 5.11 Å². The van der Waals surface area contributed by atoms with E-state index in [1.807, 2.05) is 18.2 Å². The molecule has 0 fully saturated rings. The van der Waals surface area contributed by atoms with E-state index in [1.54, 1.807) is 30.3 Å². The van der Waals surface area contributed by atoms with Crippen LogP contribution in [0.3, 0.4) is 0 Å². The van der Waals surface area contributed by atoms with Gasteiger partial charge in [0.05, 0.1) is 15.4 Å². The largest absolute Gasteiger partial charge is 0.346 e. The molecule has 23 heavy (non-hydrogen) atoms. The predicted molar refractivity (Wildman–Crippen MR) is 85.5 cm³/mol. The van der Waals surface area contributed by atoms with E-state index in [4.69, 9.17) is 0 Å². The van der Waals surface area contributed by atoms with Crippen molar-refractivity contribution >= 4 is 6.08 Å². The van der Waals surface area contributed by atoms with Crippen molar-refractivity contribution in [3.8, 4) is 0 Å². The van der Waals surface area contributed by atoms with Crippen molar-refractivity contribution in [2.75, 3.05) is 0 Å². The SMILES string of the molecule is CC(O)(c1ccccc1)[N+](=O)[O-].O=[N+]([O-])C=Cc1ccccc1. The van der Waals surface area contributed by atoms with Crippen LogP contribution in [0.15, 0.2) is 66.9 Å². The zero-order valence-corrected chi connectivity index (χ0v) is 12.4. The van der Waals surface area contributed by atoms with E-state index < -0.39 is 15.6 Å². The van der Waals surface area contributed by atoms with Crippen LogP contribution in [0.4, 0.5) is 0 Å². The number of rotatable bonds is 4. The van der Waals surface area contributed by atoms with Crippen LogP contribution in [0.5, 0.6) is 0 Å². The van der Waals surface area contributed by atoms with Gasteiger partial charge in [0.25, 0.3) is 0 Å². The molecule has 0 spiro atoms. The second kappa shape index (κ2) is 8.40. The maximum atomic E-state index is 10.4. The molecular weight excluding hydrogens is 300 g/mol. The monoisotopic (exact) mass is 316 g/mol. The Balaban J connectivity index is 0.000000231. The molecule has 1 N–H and O–H groups in total. The highest BCUT2D eigenvalue weighted by atomic mass is 16.7. The van der Waals surface area contributed by atoms with Gasteiger partial charge in [-0.25, -0.2) is 0 Å². The summed E-state index contributed by atoms with van der Waals surface area (Å²) in [6, 6.07) is 17.2. The highest BCUT2D eigenvalue weighted by Crippen LogP contribution is 2.19. The molecule has 0 aliphatic carbocycles. The zero-order chi connectivity index (χ0) is 17.3. The summed E-state index contributed by atoms with van der Waals surface area (Å²) in [6.07, 6.45) is 2.38. The first kappa shape index (κ1) is 18.0. The molecule has 0 heterocycles. The molecule has 0 saturated carbocycles. The number of hydrogen-bond acceptors (Lipinski definition) is 5. The van der Waals surface area contributed by atoms with Gasteiger partial charge in [0, 0.05) is 13.0 Å². The van der Waals surface area contributed by atoms with E-state index in [9.17, 15) is 25.3 Å². The van der Waals surface area contributed by atoms with Gasteiger partial charge >= 0.3 is 5.72 Å². The van der Waals surface area contributed by atoms with Crippen LogP contribution in [0, 0.1) is 20.2 Å². The Morgan fingerprint density at radius 3 is 1.87 bits per heavy atom. The Hall–Kier alpha value is -3.06. The van der Waals surface area contributed by atoms with Crippen LogP contribution in [-0.4, -0.2) is 15.0 Å². The molecule has 2 aromatic rings. The minimum Gasteiger partial charge on any atom is -0.327 e. The molecule has 0 aliphatic heterocycles. The number of aliphatic hydroxyl groups is 1. The third-order valence-corrected chi connectivity index (χ3v) is 2.86. The third-order valence-electron chi connectivity index (χ3n) is 2.86. The molecule has 0 amide bonds. The smallest absolute Gasteiger partial charge is 0.327 e. The van der Waals surface area contributed by atoms with Gasteiger partial charge in [0.15, 0.2) is 0 Å². The van der Waals surface area contributed by atoms with Crippen LogP contribution in [0.2, 0.25) is 0 Å². The lowest BCUT2D eigenvalue weighted by atomic mass is 10.1. The van der Waals surface area contributed by atoms with Crippen molar-refractivity contribution in [3.63, 3.8) is 0 Å². The minimum atomic E-state index is -1.98. The average Bonchev–Trinajstić information content (AvgIpc) is 2.55. The summed E-state index contributed by atoms with van der Waals surface area (Å²) in [4.78, 5) is 19.1. The van der Waals surface area contributed by atoms with E-state index >= 15 is 0 Å². The van der Waals surface area contributed by atoms with Crippen LogP contribution < -0.4 is 0 Å². The molecule has 7 nitrogen and oxygen atoms in total. The van der Waals surface area contributed by atoms with Gasteiger partial charge in [-0.2, -0.15) is 0 Å². The van der Waals surface area contributed by atoms with Gasteiger partial charge in [0.1, 0.15) is 0 Å². The van der Waals surface area contributed by atoms with Gasteiger partial charge in [0.2, 0.25) is 6.20 Å². The maximum absolute atomic E-state index is 10.4. The number of hydrogen-bond donors (Lipinski definition) is 1. The first-order valence-corrected chi connectivity index (χ1v) is 6.63. The standard InChI is InChI=1S/C8H9NO3.C8H7NO2/c1-8(10,9(11)12)7-5-3-2-4-6-7;10-9(11)7-6-8-4-2-1-3-5-8/h2-6,10H,1H3;1-7H. The summed E-state index contributed by atoms with van der Waals surface area (Å²) >= 11 is 0. The van der Waals surface area contributed by atoms with Crippen molar-refractivity contribution < 1.29 is 15.0 Å². The lowest BCUT2D eigenvalue weighted by Crippen LogP contribution is -2.31. The number of benzene rings is 2. The van der Waals surface area contributed by atoms with Crippen molar-refractivity contribution in [2.45, 2.75) is 12.6 Å². The first-order chi connectivity index (χ1) is 10.8. The summed E-state index contributed by atoms with van der Waals surface area (Å²) in [5.41, 5.74) is -0.861. The minimum absolute atomic E-state index is 0.287. The molecule has 120 valence electrons. The lowest BCUT2D eigenvalue weighted by molar-refractivity contribution is -0.630. The summed E-state index contributed by atoms with van der Waals surface area (Å²) in [6.45, 7) is 1.16. The van der Waals surface area contributed by atoms with Crippen molar-refractivity contribution in [1.29, 1.82) is 0 Å². The van der Waals surface area contributed by atoms with E-state index in [0.29, 0.717) is 0 Å². The van der Waals surface area contributed by atoms with Crippen molar-refractivity contribution in [1.82, 2.24) is 0 Å². The number of nitrogens with zero attached hydrogens (tertiary/aromatic N) is 2. The normalized spacial score (nSPS) is 12.8. The zero-order valence-electron chi connectivity index (χ0n) is 12.4. The highest BCUT2D eigenvalue weighted by molar-refractivity contribution is 5.47. The van der Waals surface area contributed by atoms with Gasteiger partial charge in [-0.1, -0.05) is 48.5 Å². The second-order valence-electron chi connectivity index (χ2n) is 4.66. The van der Waals surface area contributed by atoms with Gasteiger partial charge in [-0.3, -0.25) is 20.2 Å². The fraction of sp³-hybridized carbons (Fsp3) is 0.125. The van der Waals surface area contributed by atoms with Crippen molar-refractivity contribution in [3.05, 3.63) is 98.2 Å². The molecule has 0 radical (unpaired) electrons. The molecule has 7 heteroatoms. The van der Waals surface area contributed by atoms with Crippen LogP contribution in [0.1, 0.15) is 18.1 Å². The van der Waals surface area contributed by atoms with E-state index in [1.165, 1.54) is 18.2 Å². The molecule has 1 unspecified atom stereocenters. The predicted octanol–water partition coefficient (Wildman–Crippen LogP) is 3.06. The molecule has 1 atom stereocenters. The summed E-state index contributed by atoms with van der Waals surface area (Å²) < 4.78 is 0. The van der Waals surface area contributed by atoms with Gasteiger partial charge in [-0.15, -0.1) is 0 Å². The summed E-state index contributed by atoms with van der Waals surface area (Å²) in [7, 11) is 0. The topological polar surface area (TPSA) is 107 Å².